The van der Waals surface area contributed by atoms with Crippen LogP contribution < -0.4 is 5.73 Å². The van der Waals surface area contributed by atoms with Crippen molar-refractivity contribution in [3.05, 3.63) is 51.3 Å². The van der Waals surface area contributed by atoms with Crippen LogP contribution in [0.4, 0.5) is 4.39 Å². The van der Waals surface area contributed by atoms with Crippen molar-refractivity contribution in [2.24, 2.45) is 10.7 Å². The first-order valence-electron chi connectivity index (χ1n) is 7.35. The highest BCUT2D eigenvalue weighted by Crippen LogP contribution is 2.39. The Balaban J connectivity index is 2.04. The monoisotopic (exact) mass is 354 g/mol. The molecule has 0 bridgehead atoms. The minimum absolute atomic E-state index is 0.177. The fourth-order valence-electron chi connectivity index (χ4n) is 2.98. The van der Waals surface area contributed by atoms with Crippen LogP contribution in [0, 0.1) is 0 Å². The fourth-order valence-corrected chi connectivity index (χ4v) is 3.50. The molecule has 122 valence electrons. The van der Waals surface area contributed by atoms with E-state index in [9.17, 15) is 4.39 Å². The van der Waals surface area contributed by atoms with Crippen LogP contribution in [0.3, 0.4) is 0 Å². The lowest BCUT2D eigenvalue weighted by Crippen LogP contribution is -2.41. The topological polar surface area (TPSA) is 47.6 Å². The maximum Gasteiger partial charge on any atom is 0.121 e. The molecule has 0 spiro atoms. The Labute approximate surface area is 144 Å². The van der Waals surface area contributed by atoms with Gasteiger partial charge in [0.1, 0.15) is 23.8 Å². The first kappa shape index (κ1) is 16.5. The second kappa shape index (κ2) is 6.27. The van der Waals surface area contributed by atoms with Crippen LogP contribution in [0.5, 0.6) is 0 Å². The predicted octanol–water partition coefficient (Wildman–Crippen LogP) is 4.54. The van der Waals surface area contributed by atoms with E-state index < -0.39 is 5.54 Å². The Morgan fingerprint density at radius 3 is 2.57 bits per heavy atom. The molecule has 3 rings (SSSR count). The number of halogens is 3. The molecule has 23 heavy (non-hydrogen) atoms. The Morgan fingerprint density at radius 1 is 1.22 bits per heavy atom. The van der Waals surface area contributed by atoms with Crippen molar-refractivity contribution in [2.45, 2.75) is 25.3 Å². The molecule has 0 saturated carbocycles. The molecular weight excluding hydrogens is 338 g/mol. The largest absolute Gasteiger partial charge is 0.386 e. The zero-order valence-electron chi connectivity index (χ0n) is 12.7. The van der Waals surface area contributed by atoms with Crippen LogP contribution in [0.15, 0.2) is 40.7 Å². The summed E-state index contributed by atoms with van der Waals surface area (Å²) in [4.78, 5) is 4.53. The van der Waals surface area contributed by atoms with Gasteiger partial charge < -0.3 is 10.5 Å². The smallest absolute Gasteiger partial charge is 0.121 e. The Hall–Kier alpha value is -1.36. The van der Waals surface area contributed by atoms with Gasteiger partial charge in [-0.3, -0.25) is 4.99 Å². The molecule has 3 nitrogen and oxygen atoms in total. The van der Waals surface area contributed by atoms with Crippen LogP contribution in [0.1, 0.15) is 25.3 Å². The normalized spacial score (nSPS) is 25.2. The number of allylic oxidation sites excluding steroid dienone is 3. The van der Waals surface area contributed by atoms with E-state index in [1.165, 1.54) is 0 Å². The molecule has 2 N–H and O–H groups in total. The highest BCUT2D eigenvalue weighted by molar-refractivity contribution is 6.34. The number of ether oxygens (including phenoxy) is 1. The molecular formula is C17H17Cl2FN2O. The van der Waals surface area contributed by atoms with Gasteiger partial charge in [-0.25, -0.2) is 4.39 Å². The molecule has 1 aromatic rings. The van der Waals surface area contributed by atoms with Gasteiger partial charge in [-0.1, -0.05) is 29.3 Å². The van der Waals surface area contributed by atoms with Gasteiger partial charge >= 0.3 is 0 Å². The van der Waals surface area contributed by atoms with E-state index in [2.05, 4.69) is 4.99 Å². The molecule has 0 fully saturated rings. The summed E-state index contributed by atoms with van der Waals surface area (Å²) in [5.74, 6) is 0.284. The number of hydrogen-bond donors (Lipinski definition) is 1. The van der Waals surface area contributed by atoms with Crippen LogP contribution in [-0.4, -0.2) is 24.6 Å². The van der Waals surface area contributed by atoms with Gasteiger partial charge in [0, 0.05) is 22.0 Å². The molecule has 1 unspecified atom stereocenters. The van der Waals surface area contributed by atoms with Gasteiger partial charge in [0.05, 0.1) is 6.61 Å². The molecule has 6 heteroatoms. The van der Waals surface area contributed by atoms with Gasteiger partial charge in [0.2, 0.25) is 0 Å². The van der Waals surface area contributed by atoms with Gasteiger partial charge in [-0.2, -0.15) is 0 Å². The van der Waals surface area contributed by atoms with E-state index in [-0.39, 0.29) is 5.83 Å². The second-order valence-corrected chi connectivity index (χ2v) is 6.89. The molecule has 2 aliphatic rings. The van der Waals surface area contributed by atoms with E-state index in [1.54, 1.807) is 18.2 Å². The summed E-state index contributed by atoms with van der Waals surface area (Å²) in [5.41, 5.74) is 7.40. The second-order valence-electron chi connectivity index (χ2n) is 6.02. The standard InChI is InChI=1S/C17H17Cl2FN2O/c1-17(9-23-8-16(21)22-17)11-2-3-15(20)14(6-11)10-4-12(18)7-13(19)5-10/h4-7H,2-3,8-9H2,1H3,(H2,21,22). The number of nitrogens with zero attached hydrogens (tertiary/aromatic N) is 1. The zero-order chi connectivity index (χ0) is 16.6. The lowest BCUT2D eigenvalue weighted by Gasteiger charge is -2.34. The minimum Gasteiger partial charge on any atom is -0.386 e. The third-order valence-corrected chi connectivity index (χ3v) is 4.55. The van der Waals surface area contributed by atoms with Gasteiger partial charge in [-0.05, 0) is 42.7 Å². The zero-order valence-corrected chi connectivity index (χ0v) is 14.2. The van der Waals surface area contributed by atoms with Crippen molar-refractivity contribution in [2.75, 3.05) is 13.2 Å². The van der Waals surface area contributed by atoms with Crippen molar-refractivity contribution in [3.63, 3.8) is 0 Å². The molecule has 1 heterocycles. The van der Waals surface area contributed by atoms with E-state index in [4.69, 9.17) is 33.7 Å². The minimum atomic E-state index is -0.559. The van der Waals surface area contributed by atoms with Gasteiger partial charge in [-0.15, -0.1) is 0 Å². The van der Waals surface area contributed by atoms with E-state index in [0.717, 1.165) is 5.57 Å². The summed E-state index contributed by atoms with van der Waals surface area (Å²) in [6.07, 6.45) is 2.73. The number of rotatable bonds is 2. The van der Waals surface area contributed by atoms with Crippen LogP contribution >= 0.6 is 23.2 Å². The summed E-state index contributed by atoms with van der Waals surface area (Å²) in [5, 5.41) is 0.950. The highest BCUT2D eigenvalue weighted by Gasteiger charge is 2.34. The van der Waals surface area contributed by atoms with E-state index in [1.807, 2.05) is 13.0 Å². The van der Waals surface area contributed by atoms with Crippen molar-refractivity contribution in [1.29, 1.82) is 0 Å². The molecule has 1 atom stereocenters. The third kappa shape index (κ3) is 3.44. The fraction of sp³-hybridized carbons (Fsp3) is 0.353. The van der Waals surface area contributed by atoms with Gasteiger partial charge in [0.15, 0.2) is 0 Å². The van der Waals surface area contributed by atoms with Crippen molar-refractivity contribution < 1.29 is 9.13 Å². The van der Waals surface area contributed by atoms with E-state index >= 15 is 0 Å². The molecule has 0 aromatic heterocycles. The third-order valence-electron chi connectivity index (χ3n) is 4.11. The summed E-state index contributed by atoms with van der Waals surface area (Å²) in [7, 11) is 0. The maximum absolute atomic E-state index is 14.4. The Kier molecular flexibility index (Phi) is 4.50. The maximum atomic E-state index is 14.4. The summed E-state index contributed by atoms with van der Waals surface area (Å²) in [6, 6.07) is 5.04. The Bertz CT molecular complexity index is 722. The number of benzene rings is 1. The lowest BCUT2D eigenvalue weighted by atomic mass is 9.83. The molecule has 1 aliphatic carbocycles. The number of nitrogens with two attached hydrogens (primary N) is 1. The summed E-state index contributed by atoms with van der Waals surface area (Å²) < 4.78 is 19.9. The highest BCUT2D eigenvalue weighted by atomic mass is 35.5. The van der Waals surface area contributed by atoms with Crippen molar-refractivity contribution in [1.82, 2.24) is 0 Å². The molecule has 0 radical (unpaired) electrons. The first-order chi connectivity index (χ1) is 10.9. The van der Waals surface area contributed by atoms with Crippen LogP contribution in [0.2, 0.25) is 10.0 Å². The average Bonchev–Trinajstić information content (AvgIpc) is 2.46. The van der Waals surface area contributed by atoms with Crippen LogP contribution in [-0.2, 0) is 4.74 Å². The molecule has 0 saturated heterocycles. The summed E-state index contributed by atoms with van der Waals surface area (Å²) in [6.45, 7) is 2.73. The van der Waals surface area contributed by atoms with Crippen molar-refractivity contribution >= 4 is 34.6 Å². The van der Waals surface area contributed by atoms with Crippen LogP contribution in [0.25, 0.3) is 5.57 Å². The van der Waals surface area contributed by atoms with E-state index in [0.29, 0.717) is 53.1 Å². The summed E-state index contributed by atoms with van der Waals surface area (Å²) >= 11 is 12.1. The number of hydrogen-bond acceptors (Lipinski definition) is 3. The predicted molar refractivity (Wildman–Crippen MR) is 92.7 cm³/mol. The number of aliphatic imine (C=N–C) groups is 1. The first-order valence-corrected chi connectivity index (χ1v) is 8.11. The molecule has 1 aliphatic heterocycles. The quantitative estimate of drug-likeness (QED) is 0.847. The average molecular weight is 355 g/mol. The van der Waals surface area contributed by atoms with Gasteiger partial charge in [0.25, 0.3) is 0 Å². The SMILES string of the molecule is CC1(C2=CC(c3cc(Cl)cc(Cl)c3)=C(F)CC2)COCC(N)=N1. The molecule has 1 aromatic carbocycles. The lowest BCUT2D eigenvalue weighted by molar-refractivity contribution is 0.119. The molecule has 0 amide bonds. The van der Waals surface area contributed by atoms with Crippen molar-refractivity contribution in [3.8, 4) is 0 Å². The number of amidine groups is 1. The Morgan fingerprint density at radius 2 is 1.91 bits per heavy atom.